The molecule has 3 atom stereocenters. The number of carbonyl (C=O) groups is 2. The third-order valence-corrected chi connectivity index (χ3v) is 3.29. The largest absolute Gasteiger partial charge is 0.479 e. The molecule has 0 aromatic heterocycles. The van der Waals surface area contributed by atoms with E-state index in [9.17, 15) is 14.0 Å². The summed E-state index contributed by atoms with van der Waals surface area (Å²) in [6, 6.07) is 0. The molecule has 3 unspecified atom stereocenters. The normalized spacial score (nSPS) is 27.3. The van der Waals surface area contributed by atoms with Crippen LogP contribution in [-0.4, -0.2) is 42.4 Å². The van der Waals surface area contributed by atoms with Crippen LogP contribution in [0.25, 0.3) is 0 Å². The number of hydrogen-bond acceptors (Lipinski definition) is 3. The van der Waals surface area contributed by atoms with E-state index in [2.05, 4.69) is 5.32 Å². The molecular weight excluding hydrogens is 241 g/mol. The summed E-state index contributed by atoms with van der Waals surface area (Å²) in [5.41, 5.74) is -1.46. The highest BCUT2D eigenvalue weighted by Crippen LogP contribution is 2.27. The van der Waals surface area contributed by atoms with Gasteiger partial charge in [0.25, 0.3) is 0 Å². The monoisotopic (exact) mass is 261 g/mol. The maximum atomic E-state index is 13.2. The van der Waals surface area contributed by atoms with Gasteiger partial charge in [0.15, 0.2) is 5.54 Å². The van der Waals surface area contributed by atoms with Gasteiger partial charge >= 0.3 is 5.97 Å². The minimum atomic E-state index is -1.46. The van der Waals surface area contributed by atoms with E-state index >= 15 is 0 Å². The van der Waals surface area contributed by atoms with Gasteiger partial charge in [0.05, 0.1) is 6.61 Å². The molecule has 1 rings (SSSR count). The lowest BCUT2D eigenvalue weighted by atomic mass is 9.86. The summed E-state index contributed by atoms with van der Waals surface area (Å²) in [7, 11) is 1.37. The first-order valence-corrected chi connectivity index (χ1v) is 6.07. The molecule has 104 valence electrons. The second-order valence-electron chi connectivity index (χ2n) is 5.02. The predicted octanol–water partition coefficient (Wildman–Crippen LogP) is 1.12. The third kappa shape index (κ3) is 3.66. The number of nitrogens with one attached hydrogen (secondary N) is 1. The minimum absolute atomic E-state index is 0.125. The molecule has 0 heterocycles. The zero-order chi connectivity index (χ0) is 13.8. The van der Waals surface area contributed by atoms with Gasteiger partial charge in [-0.2, -0.15) is 0 Å². The molecule has 0 aromatic rings. The van der Waals surface area contributed by atoms with E-state index in [1.807, 2.05) is 0 Å². The van der Waals surface area contributed by atoms with Gasteiger partial charge in [0.1, 0.15) is 6.17 Å². The molecule has 18 heavy (non-hydrogen) atoms. The number of aliphatic carboxylic acids is 1. The number of ether oxygens (including phenoxy) is 1. The van der Waals surface area contributed by atoms with Crippen molar-refractivity contribution in [3.63, 3.8) is 0 Å². The van der Waals surface area contributed by atoms with Crippen molar-refractivity contribution >= 4 is 11.9 Å². The number of rotatable bonds is 5. The van der Waals surface area contributed by atoms with Crippen molar-refractivity contribution < 1.29 is 23.8 Å². The van der Waals surface area contributed by atoms with Crippen molar-refractivity contribution in [2.45, 2.75) is 44.3 Å². The molecule has 0 radical (unpaired) electrons. The number of methoxy groups -OCH3 is 1. The predicted molar refractivity (Wildman–Crippen MR) is 62.9 cm³/mol. The van der Waals surface area contributed by atoms with E-state index in [-0.39, 0.29) is 13.0 Å². The van der Waals surface area contributed by atoms with Crippen molar-refractivity contribution in [1.29, 1.82) is 0 Å². The van der Waals surface area contributed by atoms with Crippen molar-refractivity contribution in [1.82, 2.24) is 5.32 Å². The fourth-order valence-electron chi connectivity index (χ4n) is 2.18. The lowest BCUT2D eigenvalue weighted by molar-refractivity contribution is -0.150. The number of carbonyl (C=O) groups excluding carboxylic acids is 1. The first-order chi connectivity index (χ1) is 8.39. The Hall–Kier alpha value is -1.17. The van der Waals surface area contributed by atoms with Crippen molar-refractivity contribution in [3.8, 4) is 0 Å². The Labute approximate surface area is 106 Å². The van der Waals surface area contributed by atoms with Crippen LogP contribution in [0.1, 0.15) is 32.6 Å². The van der Waals surface area contributed by atoms with Gasteiger partial charge in [0.2, 0.25) is 5.91 Å². The van der Waals surface area contributed by atoms with E-state index in [0.717, 1.165) is 0 Å². The van der Waals surface area contributed by atoms with E-state index in [0.29, 0.717) is 19.3 Å². The Bertz CT molecular complexity index is 323. The Kier molecular flexibility index (Phi) is 5.07. The summed E-state index contributed by atoms with van der Waals surface area (Å²) in [4.78, 5) is 23.1. The van der Waals surface area contributed by atoms with Crippen LogP contribution in [0.5, 0.6) is 0 Å². The summed E-state index contributed by atoms with van der Waals surface area (Å²) in [5, 5.41) is 11.5. The molecule has 0 aromatic carbocycles. The molecule has 1 saturated carbocycles. The van der Waals surface area contributed by atoms with Gasteiger partial charge in [-0.05, 0) is 32.6 Å². The Balaban J connectivity index is 2.63. The van der Waals surface area contributed by atoms with Crippen LogP contribution in [0.15, 0.2) is 0 Å². The first-order valence-electron chi connectivity index (χ1n) is 6.07. The number of carboxylic acids is 1. The molecule has 0 aliphatic heterocycles. The number of hydrogen-bond donors (Lipinski definition) is 2. The fraction of sp³-hybridized carbons (Fsp3) is 0.833. The number of alkyl halides is 1. The smallest absolute Gasteiger partial charge is 0.331 e. The highest BCUT2D eigenvalue weighted by molar-refractivity contribution is 5.88. The average molecular weight is 261 g/mol. The summed E-state index contributed by atoms with van der Waals surface area (Å²) in [6.07, 6.45) is 0.961. The fourth-order valence-corrected chi connectivity index (χ4v) is 2.18. The summed E-state index contributed by atoms with van der Waals surface area (Å²) in [6.45, 7) is 1.26. The SMILES string of the molecule is COCC(C)(NC(=O)C1CCCC(F)C1)C(=O)O. The van der Waals surface area contributed by atoms with Crippen molar-refractivity contribution in [2.75, 3.05) is 13.7 Å². The van der Waals surface area contributed by atoms with Crippen LogP contribution in [0.2, 0.25) is 0 Å². The van der Waals surface area contributed by atoms with Crippen molar-refractivity contribution in [2.24, 2.45) is 5.92 Å². The van der Waals surface area contributed by atoms with Crippen molar-refractivity contribution in [3.05, 3.63) is 0 Å². The number of halogens is 1. The topological polar surface area (TPSA) is 75.6 Å². The summed E-state index contributed by atoms with van der Waals surface area (Å²) < 4.78 is 18.0. The van der Waals surface area contributed by atoms with Gasteiger partial charge < -0.3 is 15.2 Å². The molecule has 5 nitrogen and oxygen atoms in total. The second kappa shape index (κ2) is 6.13. The lowest BCUT2D eigenvalue weighted by Crippen LogP contribution is -2.57. The van der Waals surface area contributed by atoms with Gasteiger partial charge in [-0.25, -0.2) is 9.18 Å². The van der Waals surface area contributed by atoms with Gasteiger partial charge in [-0.3, -0.25) is 4.79 Å². The second-order valence-corrected chi connectivity index (χ2v) is 5.02. The van der Waals surface area contributed by atoms with Crippen LogP contribution in [0.4, 0.5) is 4.39 Å². The molecule has 6 heteroatoms. The zero-order valence-corrected chi connectivity index (χ0v) is 10.7. The Morgan fingerprint density at radius 3 is 2.67 bits per heavy atom. The maximum absolute atomic E-state index is 13.2. The molecular formula is C12H20FNO4. The molecule has 1 fully saturated rings. The van der Waals surface area contributed by atoms with E-state index in [1.54, 1.807) is 0 Å². The van der Waals surface area contributed by atoms with Crippen LogP contribution < -0.4 is 5.32 Å². The molecule has 0 spiro atoms. The molecule has 1 aliphatic carbocycles. The molecule has 1 aliphatic rings. The first kappa shape index (κ1) is 14.9. The highest BCUT2D eigenvalue weighted by atomic mass is 19.1. The zero-order valence-electron chi connectivity index (χ0n) is 10.7. The van der Waals surface area contributed by atoms with Gasteiger partial charge in [-0.1, -0.05) is 0 Å². The third-order valence-electron chi connectivity index (χ3n) is 3.29. The van der Waals surface area contributed by atoms with Crippen LogP contribution >= 0.6 is 0 Å². The summed E-state index contributed by atoms with van der Waals surface area (Å²) in [5.74, 6) is -2.01. The molecule has 2 N–H and O–H groups in total. The Morgan fingerprint density at radius 2 is 2.17 bits per heavy atom. The molecule has 0 saturated heterocycles. The molecule has 0 bridgehead atoms. The Morgan fingerprint density at radius 1 is 1.50 bits per heavy atom. The number of carboxylic acid groups (broad SMARTS) is 1. The molecule has 1 amide bonds. The van der Waals surface area contributed by atoms with E-state index in [4.69, 9.17) is 9.84 Å². The van der Waals surface area contributed by atoms with Gasteiger partial charge in [0, 0.05) is 13.0 Å². The number of amides is 1. The van der Waals surface area contributed by atoms with Crippen LogP contribution in [0, 0.1) is 5.92 Å². The van der Waals surface area contributed by atoms with Crippen LogP contribution in [0.3, 0.4) is 0 Å². The van der Waals surface area contributed by atoms with Crippen LogP contribution in [-0.2, 0) is 14.3 Å². The maximum Gasteiger partial charge on any atom is 0.331 e. The van der Waals surface area contributed by atoms with E-state index < -0.39 is 29.5 Å². The average Bonchev–Trinajstić information content (AvgIpc) is 2.29. The van der Waals surface area contributed by atoms with Gasteiger partial charge in [-0.15, -0.1) is 0 Å². The standard InChI is InChI=1S/C12H20FNO4/c1-12(7-18-2,11(16)17)14-10(15)8-4-3-5-9(13)6-8/h8-9H,3-7H2,1-2H3,(H,14,15)(H,16,17). The minimum Gasteiger partial charge on any atom is -0.479 e. The lowest BCUT2D eigenvalue weighted by Gasteiger charge is -2.30. The van der Waals surface area contributed by atoms with E-state index in [1.165, 1.54) is 14.0 Å². The highest BCUT2D eigenvalue weighted by Gasteiger charge is 2.38. The quantitative estimate of drug-likeness (QED) is 0.777. The summed E-state index contributed by atoms with van der Waals surface area (Å²) >= 11 is 0.